The van der Waals surface area contributed by atoms with E-state index in [0.29, 0.717) is 17.3 Å². The van der Waals surface area contributed by atoms with Crippen molar-refractivity contribution in [1.29, 1.82) is 0 Å². The van der Waals surface area contributed by atoms with Gasteiger partial charge in [0.25, 0.3) is 0 Å². The number of rotatable bonds is 2. The number of hydrogen-bond donors (Lipinski definition) is 1. The lowest BCUT2D eigenvalue weighted by atomic mass is 10.1. The zero-order valence-electron chi connectivity index (χ0n) is 13.4. The number of carbonyl (C=O) groups is 1. The molecule has 1 aromatic rings. The number of piperidine rings is 1. The normalized spacial score (nSPS) is 28.6. The Labute approximate surface area is 131 Å². The van der Waals surface area contributed by atoms with Gasteiger partial charge in [0, 0.05) is 26.2 Å². The highest BCUT2D eigenvalue weighted by molar-refractivity contribution is 5.89. The maximum absolute atomic E-state index is 12.3. The number of nitrogens with one attached hydrogen (secondary N) is 1. The summed E-state index contributed by atoms with van der Waals surface area (Å²) in [7, 11) is 0. The second kappa shape index (κ2) is 4.86. The number of amides is 2. The molecule has 1 N–H and O–H groups in total. The van der Waals surface area contributed by atoms with Crippen LogP contribution >= 0.6 is 0 Å². The molecular formula is C17H24N4O. The standard InChI is InChI=1S/C17H24N4O/c1-17(2)13-10-21(11-14(13)17)16(22)19-12-5-6-15(18-9-12)20-7-3-4-8-20/h5-6,9,13-14H,3-4,7-8,10-11H2,1-2H3,(H,19,22)/t13-,14-/m0/s1. The molecule has 2 saturated heterocycles. The van der Waals surface area contributed by atoms with Gasteiger partial charge in [-0.05, 0) is 42.2 Å². The van der Waals surface area contributed by atoms with Crippen molar-refractivity contribution in [2.24, 2.45) is 17.3 Å². The highest BCUT2D eigenvalue weighted by Crippen LogP contribution is 2.61. The molecule has 2 aliphatic heterocycles. The fourth-order valence-electron chi connectivity index (χ4n) is 4.09. The summed E-state index contributed by atoms with van der Waals surface area (Å²) in [6.07, 6.45) is 4.26. The van der Waals surface area contributed by atoms with E-state index in [2.05, 4.69) is 29.0 Å². The molecule has 2 amide bonds. The highest BCUT2D eigenvalue weighted by Gasteiger charge is 2.62. The van der Waals surface area contributed by atoms with Gasteiger partial charge in [-0.25, -0.2) is 9.78 Å². The van der Waals surface area contributed by atoms with Crippen LogP contribution in [0.4, 0.5) is 16.3 Å². The van der Waals surface area contributed by atoms with Crippen molar-refractivity contribution in [3.8, 4) is 0 Å². The van der Waals surface area contributed by atoms with E-state index in [0.717, 1.165) is 37.7 Å². The number of aromatic nitrogens is 1. The summed E-state index contributed by atoms with van der Waals surface area (Å²) in [6, 6.07) is 3.98. The summed E-state index contributed by atoms with van der Waals surface area (Å²) < 4.78 is 0. The van der Waals surface area contributed by atoms with Gasteiger partial charge in [-0.15, -0.1) is 0 Å². The molecular weight excluding hydrogens is 276 g/mol. The lowest BCUT2D eigenvalue weighted by Crippen LogP contribution is -2.36. The Morgan fingerprint density at radius 1 is 1.23 bits per heavy atom. The quantitative estimate of drug-likeness (QED) is 0.913. The van der Waals surface area contributed by atoms with Gasteiger partial charge in [-0.2, -0.15) is 0 Å². The van der Waals surface area contributed by atoms with Crippen LogP contribution in [0, 0.1) is 17.3 Å². The Bertz CT molecular complexity index is 563. The molecule has 22 heavy (non-hydrogen) atoms. The SMILES string of the molecule is CC1(C)[C@H]2CN(C(=O)Nc3ccc(N4CCCC4)nc3)C[C@@H]21. The third-order valence-corrected chi connectivity index (χ3v) is 5.84. The van der Waals surface area contributed by atoms with Crippen LogP contribution < -0.4 is 10.2 Å². The fourth-order valence-corrected chi connectivity index (χ4v) is 4.09. The van der Waals surface area contributed by atoms with E-state index < -0.39 is 0 Å². The van der Waals surface area contributed by atoms with Gasteiger partial charge in [0.1, 0.15) is 5.82 Å². The molecule has 3 fully saturated rings. The molecule has 4 rings (SSSR count). The summed E-state index contributed by atoms with van der Waals surface area (Å²) in [5.74, 6) is 2.39. The van der Waals surface area contributed by atoms with Crippen LogP contribution in [0.1, 0.15) is 26.7 Å². The predicted octanol–water partition coefficient (Wildman–Crippen LogP) is 2.80. The molecule has 3 aliphatic rings. The minimum Gasteiger partial charge on any atom is -0.357 e. The van der Waals surface area contributed by atoms with E-state index in [9.17, 15) is 4.79 Å². The number of pyridine rings is 1. The number of urea groups is 1. The van der Waals surface area contributed by atoms with Crippen molar-refractivity contribution in [2.45, 2.75) is 26.7 Å². The first kappa shape index (κ1) is 13.9. The Morgan fingerprint density at radius 3 is 2.50 bits per heavy atom. The monoisotopic (exact) mass is 300 g/mol. The summed E-state index contributed by atoms with van der Waals surface area (Å²) in [5.41, 5.74) is 1.23. The molecule has 0 radical (unpaired) electrons. The smallest absolute Gasteiger partial charge is 0.321 e. The molecule has 5 heteroatoms. The van der Waals surface area contributed by atoms with Crippen LogP contribution in [0.2, 0.25) is 0 Å². The fraction of sp³-hybridized carbons (Fsp3) is 0.647. The zero-order chi connectivity index (χ0) is 15.3. The predicted molar refractivity (Wildman–Crippen MR) is 87.0 cm³/mol. The van der Waals surface area contributed by atoms with Gasteiger partial charge in [0.2, 0.25) is 0 Å². The summed E-state index contributed by atoms with van der Waals surface area (Å²) in [6.45, 7) is 8.57. The van der Waals surface area contributed by atoms with E-state index in [4.69, 9.17) is 0 Å². The number of carbonyl (C=O) groups excluding carboxylic acids is 1. The first-order chi connectivity index (χ1) is 10.6. The molecule has 118 valence electrons. The minimum absolute atomic E-state index is 0.0127. The van der Waals surface area contributed by atoms with Crippen LogP contribution in [0.5, 0.6) is 0 Å². The number of nitrogens with zero attached hydrogens (tertiary/aromatic N) is 3. The van der Waals surface area contributed by atoms with Gasteiger partial charge in [-0.3, -0.25) is 0 Å². The molecule has 1 aliphatic carbocycles. The molecule has 0 bridgehead atoms. The second-order valence-corrected chi connectivity index (χ2v) is 7.47. The third kappa shape index (κ3) is 2.23. The maximum Gasteiger partial charge on any atom is 0.321 e. The Balaban J connectivity index is 1.34. The molecule has 0 unspecified atom stereocenters. The maximum atomic E-state index is 12.3. The first-order valence-electron chi connectivity index (χ1n) is 8.32. The van der Waals surface area contributed by atoms with Crippen LogP contribution in [0.25, 0.3) is 0 Å². The van der Waals surface area contributed by atoms with E-state index in [1.807, 2.05) is 17.0 Å². The second-order valence-electron chi connectivity index (χ2n) is 7.47. The first-order valence-corrected chi connectivity index (χ1v) is 8.32. The van der Waals surface area contributed by atoms with Crippen molar-refractivity contribution >= 4 is 17.5 Å². The Hall–Kier alpha value is -1.78. The van der Waals surface area contributed by atoms with Gasteiger partial charge in [0.05, 0.1) is 11.9 Å². The summed E-state index contributed by atoms with van der Waals surface area (Å²) in [5, 5.41) is 2.98. The van der Waals surface area contributed by atoms with Crippen LogP contribution in [-0.4, -0.2) is 42.1 Å². The molecule has 1 aromatic heterocycles. The van der Waals surface area contributed by atoms with Crippen molar-refractivity contribution < 1.29 is 4.79 Å². The number of fused-ring (bicyclic) bond motifs is 1. The Morgan fingerprint density at radius 2 is 1.91 bits per heavy atom. The largest absolute Gasteiger partial charge is 0.357 e. The minimum atomic E-state index is 0.0127. The average molecular weight is 300 g/mol. The topological polar surface area (TPSA) is 48.5 Å². The van der Waals surface area contributed by atoms with Crippen molar-refractivity contribution in [2.75, 3.05) is 36.4 Å². The van der Waals surface area contributed by atoms with Crippen molar-refractivity contribution in [3.05, 3.63) is 18.3 Å². The van der Waals surface area contributed by atoms with Crippen LogP contribution in [0.3, 0.4) is 0 Å². The van der Waals surface area contributed by atoms with Crippen LogP contribution in [-0.2, 0) is 0 Å². The average Bonchev–Trinajstić information content (AvgIpc) is 3.01. The lowest BCUT2D eigenvalue weighted by Gasteiger charge is -2.22. The summed E-state index contributed by atoms with van der Waals surface area (Å²) in [4.78, 5) is 21.0. The highest BCUT2D eigenvalue weighted by atomic mass is 16.2. The van der Waals surface area contributed by atoms with Gasteiger partial charge >= 0.3 is 6.03 Å². The number of anilines is 2. The van der Waals surface area contributed by atoms with E-state index >= 15 is 0 Å². The molecule has 5 nitrogen and oxygen atoms in total. The zero-order valence-corrected chi connectivity index (χ0v) is 13.4. The molecule has 3 heterocycles. The molecule has 1 saturated carbocycles. The van der Waals surface area contributed by atoms with Gasteiger partial charge in [0.15, 0.2) is 0 Å². The number of likely N-dealkylation sites (tertiary alicyclic amines) is 1. The molecule has 2 atom stereocenters. The van der Waals surface area contributed by atoms with Crippen molar-refractivity contribution in [1.82, 2.24) is 9.88 Å². The van der Waals surface area contributed by atoms with Gasteiger partial charge in [-0.1, -0.05) is 13.8 Å². The van der Waals surface area contributed by atoms with Gasteiger partial charge < -0.3 is 15.1 Å². The van der Waals surface area contributed by atoms with E-state index in [1.165, 1.54) is 12.8 Å². The third-order valence-electron chi connectivity index (χ3n) is 5.84. The van der Waals surface area contributed by atoms with Crippen molar-refractivity contribution in [3.63, 3.8) is 0 Å². The lowest BCUT2D eigenvalue weighted by molar-refractivity contribution is 0.209. The molecule has 0 aromatic carbocycles. The van der Waals surface area contributed by atoms with E-state index in [-0.39, 0.29) is 6.03 Å². The van der Waals surface area contributed by atoms with E-state index in [1.54, 1.807) is 6.20 Å². The molecule has 0 spiro atoms. The number of hydrogen-bond acceptors (Lipinski definition) is 3. The summed E-state index contributed by atoms with van der Waals surface area (Å²) >= 11 is 0. The Kier molecular flexibility index (Phi) is 3.06. The van der Waals surface area contributed by atoms with Crippen LogP contribution in [0.15, 0.2) is 18.3 Å².